The van der Waals surface area contributed by atoms with Gasteiger partial charge >= 0.3 is 0 Å². The van der Waals surface area contributed by atoms with Gasteiger partial charge < -0.3 is 9.84 Å². The summed E-state index contributed by atoms with van der Waals surface area (Å²) >= 11 is 0. The lowest BCUT2D eigenvalue weighted by Gasteiger charge is -2.04. The summed E-state index contributed by atoms with van der Waals surface area (Å²) in [6.07, 6.45) is 2.87. The van der Waals surface area contributed by atoms with E-state index in [9.17, 15) is 0 Å². The standard InChI is InChI=1S/C11H15O2/c12-9-5-2-6-10-13-11-7-3-1-4-8-11/h1,3-4,7,12H,2,5-6,9-10H2. The molecular weight excluding hydrogens is 164 g/mol. The van der Waals surface area contributed by atoms with Crippen LogP contribution in [-0.4, -0.2) is 18.3 Å². The highest BCUT2D eigenvalue weighted by atomic mass is 16.5. The molecule has 1 aromatic carbocycles. The third kappa shape index (κ3) is 4.53. The summed E-state index contributed by atoms with van der Waals surface area (Å²) < 4.78 is 5.42. The van der Waals surface area contributed by atoms with Crippen LogP contribution in [0.3, 0.4) is 0 Å². The van der Waals surface area contributed by atoms with Crippen molar-refractivity contribution in [2.75, 3.05) is 13.2 Å². The first-order valence-electron chi connectivity index (χ1n) is 4.64. The molecule has 1 aromatic rings. The van der Waals surface area contributed by atoms with E-state index in [0.717, 1.165) is 25.0 Å². The third-order valence-corrected chi connectivity index (χ3v) is 1.74. The molecule has 0 amide bonds. The number of aliphatic hydroxyl groups is 1. The Bertz CT molecular complexity index is 209. The summed E-state index contributed by atoms with van der Waals surface area (Å²) in [4.78, 5) is 0. The first kappa shape index (κ1) is 10.1. The van der Waals surface area contributed by atoms with Gasteiger partial charge in [0.1, 0.15) is 5.75 Å². The molecule has 0 bridgehead atoms. The number of hydrogen-bond donors (Lipinski definition) is 1. The monoisotopic (exact) mass is 179 g/mol. The Morgan fingerprint density at radius 2 is 2.15 bits per heavy atom. The molecule has 0 fully saturated rings. The maximum absolute atomic E-state index is 8.54. The second-order valence-electron chi connectivity index (χ2n) is 2.86. The molecular formula is C11H15O2. The maximum atomic E-state index is 8.54. The maximum Gasteiger partial charge on any atom is 0.127 e. The van der Waals surface area contributed by atoms with E-state index >= 15 is 0 Å². The molecule has 0 spiro atoms. The van der Waals surface area contributed by atoms with Gasteiger partial charge in [-0.1, -0.05) is 18.2 Å². The van der Waals surface area contributed by atoms with E-state index in [1.54, 1.807) is 0 Å². The van der Waals surface area contributed by atoms with E-state index in [2.05, 4.69) is 6.07 Å². The number of para-hydroxylation sites is 1. The molecule has 1 N–H and O–H groups in total. The Labute approximate surface area is 79.2 Å². The molecule has 1 radical (unpaired) electrons. The van der Waals surface area contributed by atoms with Crippen molar-refractivity contribution in [2.24, 2.45) is 0 Å². The van der Waals surface area contributed by atoms with E-state index in [4.69, 9.17) is 9.84 Å². The van der Waals surface area contributed by atoms with Crippen molar-refractivity contribution in [3.8, 4) is 5.75 Å². The van der Waals surface area contributed by atoms with Gasteiger partial charge in [-0.2, -0.15) is 0 Å². The van der Waals surface area contributed by atoms with Crippen molar-refractivity contribution < 1.29 is 9.84 Å². The largest absolute Gasteiger partial charge is 0.493 e. The molecule has 0 atom stereocenters. The van der Waals surface area contributed by atoms with Crippen molar-refractivity contribution in [1.29, 1.82) is 0 Å². The number of unbranched alkanes of at least 4 members (excludes halogenated alkanes) is 2. The minimum atomic E-state index is 0.275. The predicted octanol–water partition coefficient (Wildman–Crippen LogP) is 2.03. The molecule has 1 rings (SSSR count). The SMILES string of the molecule is OCCCCCOc1[c]cccc1. The minimum Gasteiger partial charge on any atom is -0.493 e. The Balaban J connectivity index is 2.07. The lowest BCUT2D eigenvalue weighted by molar-refractivity contribution is 0.266. The van der Waals surface area contributed by atoms with Crippen LogP contribution in [0, 0.1) is 6.07 Å². The fourth-order valence-corrected chi connectivity index (χ4v) is 1.04. The summed E-state index contributed by atoms with van der Waals surface area (Å²) in [6.45, 7) is 0.984. The molecule has 0 unspecified atom stereocenters. The molecule has 2 nitrogen and oxygen atoms in total. The number of ether oxygens (including phenoxy) is 1. The first-order chi connectivity index (χ1) is 6.43. The Kier molecular flexibility index (Phi) is 5.02. The van der Waals surface area contributed by atoms with Gasteiger partial charge in [-0.15, -0.1) is 0 Å². The van der Waals surface area contributed by atoms with Gasteiger partial charge in [0.2, 0.25) is 0 Å². The van der Waals surface area contributed by atoms with Gasteiger partial charge in [0.25, 0.3) is 0 Å². The van der Waals surface area contributed by atoms with Crippen LogP contribution in [0.5, 0.6) is 5.75 Å². The topological polar surface area (TPSA) is 29.5 Å². The number of rotatable bonds is 6. The van der Waals surface area contributed by atoms with Crippen molar-refractivity contribution in [3.63, 3.8) is 0 Å². The van der Waals surface area contributed by atoms with Crippen molar-refractivity contribution >= 4 is 0 Å². The predicted molar refractivity (Wildman–Crippen MR) is 51.7 cm³/mol. The first-order valence-corrected chi connectivity index (χ1v) is 4.64. The number of aliphatic hydroxyl groups excluding tert-OH is 1. The van der Waals surface area contributed by atoms with Gasteiger partial charge in [0.05, 0.1) is 6.61 Å². The summed E-state index contributed by atoms with van der Waals surface area (Å²) in [5, 5.41) is 8.54. The van der Waals surface area contributed by atoms with Crippen LogP contribution in [0.4, 0.5) is 0 Å². The zero-order valence-electron chi connectivity index (χ0n) is 7.70. The highest BCUT2D eigenvalue weighted by Crippen LogP contribution is 2.08. The molecule has 13 heavy (non-hydrogen) atoms. The van der Waals surface area contributed by atoms with Gasteiger partial charge in [-0.25, -0.2) is 0 Å². The van der Waals surface area contributed by atoms with E-state index in [1.807, 2.05) is 24.3 Å². The Hall–Kier alpha value is -1.02. The van der Waals surface area contributed by atoms with Crippen LogP contribution in [-0.2, 0) is 0 Å². The summed E-state index contributed by atoms with van der Waals surface area (Å²) in [5.74, 6) is 0.798. The van der Waals surface area contributed by atoms with Crippen LogP contribution >= 0.6 is 0 Å². The van der Waals surface area contributed by atoms with Crippen molar-refractivity contribution in [1.82, 2.24) is 0 Å². The van der Waals surface area contributed by atoms with Crippen LogP contribution in [0.1, 0.15) is 19.3 Å². The Morgan fingerprint density at radius 3 is 2.85 bits per heavy atom. The zero-order chi connectivity index (χ0) is 9.36. The number of benzene rings is 1. The van der Waals surface area contributed by atoms with Crippen LogP contribution in [0.15, 0.2) is 24.3 Å². The highest BCUT2D eigenvalue weighted by Gasteiger charge is 1.91. The van der Waals surface area contributed by atoms with Crippen LogP contribution in [0.25, 0.3) is 0 Å². The van der Waals surface area contributed by atoms with Gasteiger partial charge in [0, 0.05) is 12.7 Å². The second kappa shape index (κ2) is 6.49. The lowest BCUT2D eigenvalue weighted by Crippen LogP contribution is -1.97. The number of hydrogen-bond acceptors (Lipinski definition) is 2. The molecule has 0 heterocycles. The van der Waals surface area contributed by atoms with E-state index in [1.165, 1.54) is 0 Å². The van der Waals surface area contributed by atoms with E-state index in [-0.39, 0.29) is 6.61 Å². The van der Waals surface area contributed by atoms with Crippen LogP contribution < -0.4 is 4.74 Å². The molecule has 71 valence electrons. The quantitative estimate of drug-likeness (QED) is 0.677. The lowest BCUT2D eigenvalue weighted by atomic mass is 10.2. The molecule has 0 aromatic heterocycles. The van der Waals surface area contributed by atoms with E-state index in [0.29, 0.717) is 6.61 Å². The molecule has 0 saturated carbocycles. The zero-order valence-corrected chi connectivity index (χ0v) is 7.70. The summed E-state index contributed by atoms with van der Waals surface area (Å²) in [5.41, 5.74) is 0. The van der Waals surface area contributed by atoms with Crippen molar-refractivity contribution in [2.45, 2.75) is 19.3 Å². The molecule has 0 aliphatic carbocycles. The minimum absolute atomic E-state index is 0.275. The average Bonchev–Trinajstić information content (AvgIpc) is 2.19. The average molecular weight is 179 g/mol. The van der Waals surface area contributed by atoms with E-state index < -0.39 is 0 Å². The second-order valence-corrected chi connectivity index (χ2v) is 2.86. The fourth-order valence-electron chi connectivity index (χ4n) is 1.04. The fraction of sp³-hybridized carbons (Fsp3) is 0.455. The van der Waals surface area contributed by atoms with Crippen molar-refractivity contribution in [3.05, 3.63) is 30.3 Å². The van der Waals surface area contributed by atoms with Gasteiger partial charge in [-0.3, -0.25) is 0 Å². The normalized spacial score (nSPS) is 9.92. The summed E-state index contributed by atoms with van der Waals surface area (Å²) in [6, 6.07) is 10.6. The molecule has 0 saturated heterocycles. The molecule has 0 aliphatic heterocycles. The Morgan fingerprint density at radius 1 is 1.23 bits per heavy atom. The smallest absolute Gasteiger partial charge is 0.127 e. The molecule has 2 heteroatoms. The van der Waals surface area contributed by atoms with Gasteiger partial charge in [-0.05, 0) is 25.3 Å². The highest BCUT2D eigenvalue weighted by molar-refractivity contribution is 5.19. The third-order valence-electron chi connectivity index (χ3n) is 1.74. The van der Waals surface area contributed by atoms with Crippen LogP contribution in [0.2, 0.25) is 0 Å². The summed E-state index contributed by atoms with van der Waals surface area (Å²) in [7, 11) is 0. The molecule has 0 aliphatic rings. The van der Waals surface area contributed by atoms with Gasteiger partial charge in [0.15, 0.2) is 0 Å².